The molecule has 3 rings (SSSR count). The van der Waals surface area contributed by atoms with Gasteiger partial charge in [-0.2, -0.15) is 0 Å². The van der Waals surface area contributed by atoms with Gasteiger partial charge in [-0.25, -0.2) is 0 Å². The van der Waals surface area contributed by atoms with Crippen LogP contribution in [0.1, 0.15) is 25.7 Å². The number of ether oxygens (including phenoxy) is 2. The van der Waals surface area contributed by atoms with Crippen LogP contribution in [-0.2, 0) is 19.1 Å². The smallest absolute Gasteiger partial charge is 0.269 e. The zero-order chi connectivity index (χ0) is 15.5. The molecule has 1 spiro atoms. The molecule has 0 radical (unpaired) electrons. The van der Waals surface area contributed by atoms with E-state index < -0.39 is 26.9 Å². The van der Waals surface area contributed by atoms with Crippen molar-refractivity contribution in [2.24, 2.45) is 0 Å². The molecule has 0 bridgehead atoms. The molecule has 0 aromatic carbocycles. The number of nitrogens with zero attached hydrogens (tertiary/aromatic N) is 2. The Balaban J connectivity index is 2.08. The standard InChI is InChI=1S/C11H12Cl4N2O4/c12-9(13)7(18)16-5-3-1-2-4-6-17-8(19)10(14,15)21-11(16,17)20-9/h1-6H2. The highest BCUT2D eigenvalue weighted by atomic mass is 35.5. The summed E-state index contributed by atoms with van der Waals surface area (Å²) in [6.45, 7) is 0.543. The quantitative estimate of drug-likeness (QED) is 0.607. The second-order valence-electron chi connectivity index (χ2n) is 5.11. The molecule has 0 aromatic heterocycles. The van der Waals surface area contributed by atoms with E-state index in [1.54, 1.807) is 0 Å². The van der Waals surface area contributed by atoms with E-state index in [0.29, 0.717) is 12.8 Å². The molecule has 0 aliphatic carbocycles. The van der Waals surface area contributed by atoms with E-state index in [-0.39, 0.29) is 13.1 Å². The van der Waals surface area contributed by atoms with Gasteiger partial charge in [0.05, 0.1) is 0 Å². The van der Waals surface area contributed by atoms with Gasteiger partial charge in [0.2, 0.25) is 0 Å². The average molecular weight is 378 g/mol. The lowest BCUT2D eigenvalue weighted by molar-refractivity contribution is -0.325. The first-order valence-electron chi connectivity index (χ1n) is 6.51. The van der Waals surface area contributed by atoms with Crippen molar-refractivity contribution in [2.45, 2.75) is 40.8 Å². The van der Waals surface area contributed by atoms with Crippen LogP contribution in [0.4, 0.5) is 0 Å². The van der Waals surface area contributed by atoms with Crippen molar-refractivity contribution in [1.29, 1.82) is 0 Å². The fourth-order valence-corrected chi connectivity index (χ4v) is 3.57. The van der Waals surface area contributed by atoms with Gasteiger partial charge in [-0.3, -0.25) is 28.9 Å². The highest BCUT2D eigenvalue weighted by molar-refractivity contribution is 6.58. The number of amides is 2. The first-order valence-corrected chi connectivity index (χ1v) is 8.02. The second-order valence-corrected chi connectivity index (χ2v) is 7.63. The van der Waals surface area contributed by atoms with Crippen LogP contribution in [0.3, 0.4) is 0 Å². The molecule has 0 unspecified atom stereocenters. The van der Waals surface area contributed by atoms with Gasteiger partial charge in [0, 0.05) is 13.1 Å². The van der Waals surface area contributed by atoms with Crippen LogP contribution in [0.5, 0.6) is 0 Å². The number of halogens is 4. The normalized spacial score (nSPS) is 30.5. The molecule has 118 valence electrons. The summed E-state index contributed by atoms with van der Waals surface area (Å²) in [6.07, 6.45) is 3.19. The summed E-state index contributed by atoms with van der Waals surface area (Å²) in [5.74, 6) is -1.40. The summed E-state index contributed by atoms with van der Waals surface area (Å²) < 4.78 is 6.50. The molecule has 0 atom stereocenters. The van der Waals surface area contributed by atoms with Gasteiger partial charge in [-0.15, -0.1) is 0 Å². The summed E-state index contributed by atoms with van der Waals surface area (Å²) in [5.41, 5.74) is 0. The van der Waals surface area contributed by atoms with E-state index in [4.69, 9.17) is 55.9 Å². The van der Waals surface area contributed by atoms with Gasteiger partial charge in [0.25, 0.3) is 11.8 Å². The second kappa shape index (κ2) is 5.01. The van der Waals surface area contributed by atoms with Crippen LogP contribution in [0.25, 0.3) is 0 Å². The molecule has 6 nitrogen and oxygen atoms in total. The van der Waals surface area contributed by atoms with Crippen molar-refractivity contribution < 1.29 is 19.1 Å². The predicted octanol–water partition coefficient (Wildman–Crippen LogP) is 2.15. The third-order valence-corrected chi connectivity index (χ3v) is 4.66. The van der Waals surface area contributed by atoms with Crippen LogP contribution in [0.15, 0.2) is 0 Å². The van der Waals surface area contributed by atoms with E-state index in [0.717, 1.165) is 12.8 Å². The third kappa shape index (κ3) is 2.31. The van der Waals surface area contributed by atoms with E-state index in [1.165, 1.54) is 9.80 Å². The zero-order valence-electron chi connectivity index (χ0n) is 10.8. The molecule has 21 heavy (non-hydrogen) atoms. The highest BCUT2D eigenvalue weighted by Crippen LogP contribution is 2.52. The van der Waals surface area contributed by atoms with Crippen LogP contribution < -0.4 is 0 Å². The van der Waals surface area contributed by atoms with Crippen molar-refractivity contribution in [3.63, 3.8) is 0 Å². The average Bonchev–Trinajstić information content (AvgIpc) is 2.70. The van der Waals surface area contributed by atoms with Crippen molar-refractivity contribution in [1.82, 2.24) is 9.80 Å². The van der Waals surface area contributed by atoms with Gasteiger partial charge in [0.15, 0.2) is 0 Å². The molecule has 3 saturated heterocycles. The minimum absolute atomic E-state index is 0.271. The number of hydrogen-bond donors (Lipinski definition) is 0. The topological polar surface area (TPSA) is 59.1 Å². The maximum absolute atomic E-state index is 12.3. The largest absolute Gasteiger partial charge is 0.353 e. The van der Waals surface area contributed by atoms with Crippen molar-refractivity contribution in [3.05, 3.63) is 0 Å². The van der Waals surface area contributed by atoms with E-state index in [9.17, 15) is 9.59 Å². The van der Waals surface area contributed by atoms with E-state index in [2.05, 4.69) is 0 Å². The molecule has 2 amide bonds. The van der Waals surface area contributed by atoms with Crippen LogP contribution in [0.2, 0.25) is 0 Å². The molecule has 10 heteroatoms. The first-order chi connectivity index (χ1) is 9.71. The Kier molecular flexibility index (Phi) is 3.79. The maximum atomic E-state index is 12.3. The lowest BCUT2D eigenvalue weighted by Gasteiger charge is -2.36. The lowest BCUT2D eigenvalue weighted by Crippen LogP contribution is -2.58. The Morgan fingerprint density at radius 2 is 1.14 bits per heavy atom. The maximum Gasteiger partial charge on any atom is 0.353 e. The molecule has 0 N–H and O–H groups in total. The minimum Gasteiger partial charge on any atom is -0.269 e. The zero-order valence-corrected chi connectivity index (χ0v) is 13.8. The Morgan fingerprint density at radius 1 is 0.762 bits per heavy atom. The van der Waals surface area contributed by atoms with Crippen LogP contribution in [-0.4, -0.2) is 49.8 Å². The molecular weight excluding hydrogens is 366 g/mol. The molecule has 3 fully saturated rings. The van der Waals surface area contributed by atoms with Crippen LogP contribution in [0, 0.1) is 0 Å². The fourth-order valence-electron chi connectivity index (χ4n) is 2.76. The molecule has 3 aliphatic heterocycles. The fraction of sp³-hybridized carbons (Fsp3) is 0.818. The summed E-state index contributed by atoms with van der Waals surface area (Å²) in [4.78, 5) is 27.0. The summed E-state index contributed by atoms with van der Waals surface area (Å²) in [5, 5.41) is 0. The number of rotatable bonds is 0. The molecule has 0 aromatic rings. The van der Waals surface area contributed by atoms with Gasteiger partial charge in [-0.05, 0) is 12.8 Å². The van der Waals surface area contributed by atoms with Gasteiger partial charge < -0.3 is 0 Å². The van der Waals surface area contributed by atoms with E-state index in [1.807, 2.05) is 0 Å². The summed E-state index contributed by atoms with van der Waals surface area (Å²) in [6, 6.07) is -1.88. The van der Waals surface area contributed by atoms with Crippen molar-refractivity contribution >= 4 is 58.2 Å². The number of hydrogen-bond acceptors (Lipinski definition) is 4. The Morgan fingerprint density at radius 3 is 1.52 bits per heavy atom. The number of carbonyl (C=O) groups excluding carboxylic acids is 2. The van der Waals surface area contributed by atoms with Crippen molar-refractivity contribution in [3.8, 4) is 0 Å². The Bertz CT molecular complexity index is 455. The van der Waals surface area contributed by atoms with Crippen LogP contribution >= 0.6 is 46.4 Å². The first kappa shape index (κ1) is 15.9. The van der Waals surface area contributed by atoms with Gasteiger partial charge >= 0.3 is 15.1 Å². The van der Waals surface area contributed by atoms with Crippen molar-refractivity contribution in [2.75, 3.05) is 13.1 Å². The monoisotopic (exact) mass is 376 g/mol. The summed E-state index contributed by atoms with van der Waals surface area (Å²) in [7, 11) is 0. The molecule has 3 aliphatic rings. The van der Waals surface area contributed by atoms with Gasteiger partial charge in [0.1, 0.15) is 0 Å². The van der Waals surface area contributed by atoms with E-state index >= 15 is 0 Å². The number of alkyl halides is 4. The Labute approximate surface area is 141 Å². The number of carbonyl (C=O) groups is 2. The minimum atomic E-state index is -2.15. The molecule has 0 saturated carbocycles. The third-order valence-electron chi connectivity index (χ3n) is 3.71. The Hall–Kier alpha value is 0.0200. The predicted molar refractivity (Wildman–Crippen MR) is 75.7 cm³/mol. The molecule has 3 heterocycles. The lowest BCUT2D eigenvalue weighted by atomic mass is 10.2. The molecular formula is C11H12Cl4N2O4. The highest BCUT2D eigenvalue weighted by Gasteiger charge is 2.73. The SMILES string of the molecule is O=C1N2CCCCCCN3C(=O)C(Cl)(Cl)OC23OC1(Cl)Cl. The summed E-state index contributed by atoms with van der Waals surface area (Å²) >= 11 is 23.6. The van der Waals surface area contributed by atoms with Gasteiger partial charge in [-0.1, -0.05) is 59.2 Å².